The van der Waals surface area contributed by atoms with Crippen LogP contribution in [0.5, 0.6) is 0 Å². The third-order valence-electron chi connectivity index (χ3n) is 3.31. The van der Waals surface area contributed by atoms with Gasteiger partial charge in [0.15, 0.2) is 5.78 Å². The van der Waals surface area contributed by atoms with Crippen molar-refractivity contribution in [2.24, 2.45) is 0 Å². The number of carbonyl (C=O) groups excluding carboxylic acids is 1. The first kappa shape index (κ1) is 12.4. The average molecular weight is 261 g/mol. The topological polar surface area (TPSA) is 20.3 Å². The zero-order chi connectivity index (χ0) is 13.9. The van der Waals surface area contributed by atoms with E-state index in [1.807, 2.05) is 42.6 Å². The summed E-state index contributed by atoms with van der Waals surface area (Å²) in [4.78, 5) is 13.3. The summed E-state index contributed by atoms with van der Waals surface area (Å²) in [6.45, 7) is 0. The van der Waals surface area contributed by atoms with Crippen LogP contribution in [0.2, 0.25) is 0 Å². The van der Waals surface area contributed by atoms with Gasteiger partial charge >= 0.3 is 0 Å². The number of fused-ring (bicyclic) bond motifs is 1. The summed E-state index contributed by atoms with van der Waals surface area (Å²) in [7, 11) is 2.00. The summed E-state index contributed by atoms with van der Waals surface area (Å²) >= 11 is 0. The molecule has 0 fully saturated rings. The first-order valence-corrected chi connectivity index (χ1v) is 6.55. The lowest BCUT2D eigenvalue weighted by atomic mass is 10.0. The minimum Gasteiger partial charge on any atom is -0.357 e. The van der Waals surface area contributed by atoms with Crippen molar-refractivity contribution in [1.82, 2.24) is 4.90 Å². The molecule has 0 spiro atoms. The van der Waals surface area contributed by atoms with E-state index in [4.69, 9.17) is 0 Å². The molecule has 0 saturated carbocycles. The Kier molecular flexibility index (Phi) is 3.21. The summed E-state index contributed by atoms with van der Waals surface area (Å²) in [6.07, 6.45) is 17.5. The molecular weight excluding hydrogens is 246 g/mol. The number of hydrogen-bond donors (Lipinski definition) is 0. The number of hydrogen-bond acceptors (Lipinski definition) is 2. The van der Waals surface area contributed by atoms with Crippen molar-refractivity contribution >= 4 is 24.0 Å². The van der Waals surface area contributed by atoms with Gasteiger partial charge in [0.1, 0.15) is 0 Å². The van der Waals surface area contributed by atoms with Crippen LogP contribution in [0.15, 0.2) is 60.5 Å². The molecule has 1 aromatic rings. The van der Waals surface area contributed by atoms with Crippen LogP contribution in [0.4, 0.5) is 0 Å². The van der Waals surface area contributed by atoms with E-state index < -0.39 is 0 Å². The van der Waals surface area contributed by atoms with Crippen molar-refractivity contribution in [2.75, 3.05) is 7.05 Å². The smallest absolute Gasteiger partial charge is 0.179 e. The maximum absolute atomic E-state index is 11.3. The van der Waals surface area contributed by atoms with Crippen molar-refractivity contribution in [1.29, 1.82) is 0 Å². The molecule has 1 aliphatic carbocycles. The zero-order valence-corrected chi connectivity index (χ0v) is 11.3. The van der Waals surface area contributed by atoms with E-state index in [9.17, 15) is 4.79 Å². The van der Waals surface area contributed by atoms with E-state index in [2.05, 4.69) is 30.4 Å². The van der Waals surface area contributed by atoms with Crippen LogP contribution in [-0.2, 0) is 4.79 Å². The second kappa shape index (κ2) is 5.17. The molecule has 0 saturated heterocycles. The molecule has 1 aromatic carbocycles. The van der Waals surface area contributed by atoms with Crippen LogP contribution >= 0.6 is 0 Å². The van der Waals surface area contributed by atoms with Gasteiger partial charge in [-0.1, -0.05) is 30.4 Å². The van der Waals surface area contributed by atoms with E-state index in [1.165, 1.54) is 0 Å². The van der Waals surface area contributed by atoms with Crippen molar-refractivity contribution in [2.45, 2.75) is 0 Å². The molecule has 20 heavy (non-hydrogen) atoms. The van der Waals surface area contributed by atoms with E-state index in [0.717, 1.165) is 21.6 Å². The Morgan fingerprint density at radius 1 is 1.00 bits per heavy atom. The predicted molar refractivity (Wildman–Crippen MR) is 82.8 cm³/mol. The lowest BCUT2D eigenvalue weighted by Crippen LogP contribution is -2.16. The zero-order valence-electron chi connectivity index (χ0n) is 11.3. The van der Waals surface area contributed by atoms with Crippen molar-refractivity contribution in [3.63, 3.8) is 0 Å². The molecule has 0 aromatic heterocycles. The summed E-state index contributed by atoms with van der Waals surface area (Å²) in [5.74, 6) is 0.0537. The largest absolute Gasteiger partial charge is 0.357 e. The van der Waals surface area contributed by atoms with Gasteiger partial charge in [-0.3, -0.25) is 4.79 Å². The van der Waals surface area contributed by atoms with Crippen LogP contribution in [0, 0.1) is 0 Å². The number of ketones is 1. The molecule has 1 heterocycles. The van der Waals surface area contributed by atoms with Crippen LogP contribution < -0.4 is 10.4 Å². The Morgan fingerprint density at radius 2 is 1.80 bits per heavy atom. The first-order valence-electron chi connectivity index (χ1n) is 6.55. The number of allylic oxidation sites excluding steroid dienone is 5. The standard InChI is InChI=1S/C18H15NO/c1-19-10-8-14(9-11-19)2-3-15-4-5-17-13-18(20)7-6-16(17)12-15/h2-13H,1H3. The van der Waals surface area contributed by atoms with Gasteiger partial charge in [-0.15, -0.1) is 0 Å². The van der Waals surface area contributed by atoms with Gasteiger partial charge in [0.05, 0.1) is 0 Å². The Balaban J connectivity index is 1.95. The minimum atomic E-state index is 0.0537. The van der Waals surface area contributed by atoms with Crippen molar-refractivity contribution in [3.8, 4) is 0 Å². The molecule has 0 radical (unpaired) electrons. The van der Waals surface area contributed by atoms with Crippen LogP contribution in [0.3, 0.4) is 0 Å². The molecule has 98 valence electrons. The lowest BCUT2D eigenvalue weighted by molar-refractivity contribution is -0.109. The molecule has 2 aliphatic rings. The summed E-state index contributed by atoms with van der Waals surface area (Å²) < 4.78 is 0. The average Bonchev–Trinajstić information content (AvgIpc) is 2.46. The molecule has 0 unspecified atom stereocenters. The molecule has 2 heteroatoms. The molecule has 1 aliphatic heterocycles. The van der Waals surface area contributed by atoms with Gasteiger partial charge in [0.25, 0.3) is 0 Å². The Labute approximate surface area is 118 Å². The highest BCUT2D eigenvalue weighted by Crippen LogP contribution is 2.07. The fraction of sp³-hybridized carbons (Fsp3) is 0.0556. The van der Waals surface area contributed by atoms with Crippen LogP contribution in [-0.4, -0.2) is 17.7 Å². The monoisotopic (exact) mass is 261 g/mol. The number of rotatable bonds is 1. The fourth-order valence-electron chi connectivity index (χ4n) is 2.16. The highest BCUT2D eigenvalue weighted by atomic mass is 16.1. The van der Waals surface area contributed by atoms with Gasteiger partial charge in [0.2, 0.25) is 0 Å². The van der Waals surface area contributed by atoms with E-state index in [0.29, 0.717) is 0 Å². The molecule has 3 rings (SSSR count). The molecule has 0 N–H and O–H groups in total. The second-order valence-corrected chi connectivity index (χ2v) is 4.90. The van der Waals surface area contributed by atoms with Gasteiger partial charge in [-0.2, -0.15) is 0 Å². The Morgan fingerprint density at radius 3 is 2.60 bits per heavy atom. The quantitative estimate of drug-likeness (QED) is 0.767. The van der Waals surface area contributed by atoms with Crippen molar-refractivity contribution < 1.29 is 4.79 Å². The summed E-state index contributed by atoms with van der Waals surface area (Å²) in [6, 6.07) is 6.11. The number of benzene rings is 1. The third-order valence-corrected chi connectivity index (χ3v) is 3.31. The molecule has 0 amide bonds. The Hall–Kier alpha value is -2.61. The summed E-state index contributed by atoms with van der Waals surface area (Å²) in [5, 5.41) is 2.12. The fourth-order valence-corrected chi connectivity index (χ4v) is 2.16. The second-order valence-electron chi connectivity index (χ2n) is 4.90. The predicted octanol–water partition coefficient (Wildman–Crippen LogP) is 1.74. The highest BCUT2D eigenvalue weighted by Gasteiger charge is 2.00. The van der Waals surface area contributed by atoms with Crippen LogP contribution in [0.25, 0.3) is 18.2 Å². The number of nitrogens with zero attached hydrogens (tertiary/aromatic N) is 1. The molecule has 0 bridgehead atoms. The highest BCUT2D eigenvalue weighted by molar-refractivity contribution is 6.16. The van der Waals surface area contributed by atoms with Crippen LogP contribution in [0.1, 0.15) is 5.56 Å². The van der Waals surface area contributed by atoms with Gasteiger partial charge < -0.3 is 4.90 Å². The number of carbonyl (C=O) groups is 1. The molecular formula is C18H15NO. The Bertz CT molecular complexity index is 775. The molecule has 0 atom stereocenters. The maximum atomic E-state index is 11.3. The van der Waals surface area contributed by atoms with Gasteiger partial charge in [0, 0.05) is 19.4 Å². The van der Waals surface area contributed by atoms with E-state index >= 15 is 0 Å². The van der Waals surface area contributed by atoms with E-state index in [1.54, 1.807) is 12.2 Å². The SMILES string of the molecule is CN1C=CC(=CC=c2ccc3c(c2)C=CC(=O)C=3)C=C1. The summed E-state index contributed by atoms with van der Waals surface area (Å²) in [5.41, 5.74) is 2.25. The normalized spacial score (nSPS) is 17.2. The third kappa shape index (κ3) is 2.69. The lowest BCUT2D eigenvalue weighted by Gasteiger charge is -2.11. The van der Waals surface area contributed by atoms with Gasteiger partial charge in [-0.25, -0.2) is 0 Å². The first-order chi connectivity index (χ1) is 9.70. The van der Waals surface area contributed by atoms with Gasteiger partial charge in [-0.05, 0) is 51.9 Å². The maximum Gasteiger partial charge on any atom is 0.179 e. The molecule has 2 nitrogen and oxygen atoms in total. The van der Waals surface area contributed by atoms with Crippen molar-refractivity contribution in [3.05, 3.63) is 76.5 Å². The minimum absolute atomic E-state index is 0.0537. The van der Waals surface area contributed by atoms with E-state index in [-0.39, 0.29) is 5.78 Å².